The van der Waals surface area contributed by atoms with E-state index in [-0.39, 0.29) is 5.82 Å². The average molecular weight is 464 g/mol. The number of fused-ring (bicyclic) bond motifs is 2. The second-order valence-electron chi connectivity index (χ2n) is 8.36. The first-order valence-electron chi connectivity index (χ1n) is 11.4. The van der Waals surface area contributed by atoms with E-state index < -0.39 is 0 Å². The van der Waals surface area contributed by atoms with E-state index >= 15 is 0 Å². The fourth-order valence-electron chi connectivity index (χ4n) is 4.35. The van der Waals surface area contributed by atoms with Crippen LogP contribution in [-0.4, -0.2) is 36.7 Å². The highest BCUT2D eigenvalue weighted by Crippen LogP contribution is 2.35. The molecule has 1 aromatic carbocycles. The van der Waals surface area contributed by atoms with Crippen LogP contribution in [0.4, 0.5) is 4.39 Å². The van der Waals surface area contributed by atoms with Crippen molar-refractivity contribution in [3.05, 3.63) is 84.8 Å². The lowest BCUT2D eigenvalue weighted by Gasteiger charge is -2.05. The van der Waals surface area contributed by atoms with E-state index in [9.17, 15) is 4.39 Å². The summed E-state index contributed by atoms with van der Waals surface area (Å²) in [5.41, 5.74) is 7.31. The third-order valence-corrected chi connectivity index (χ3v) is 6.08. The first-order valence-corrected chi connectivity index (χ1v) is 11.4. The van der Waals surface area contributed by atoms with Gasteiger partial charge in [-0.25, -0.2) is 4.39 Å². The summed E-state index contributed by atoms with van der Waals surface area (Å²) in [6.45, 7) is 3.72. The topological polar surface area (TPSA) is 95.2 Å². The predicted molar refractivity (Wildman–Crippen MR) is 135 cm³/mol. The van der Waals surface area contributed by atoms with Gasteiger partial charge in [0.2, 0.25) is 0 Å². The molecule has 0 atom stereocenters. The number of pyridine rings is 3. The van der Waals surface area contributed by atoms with E-state index in [1.165, 1.54) is 6.07 Å². The molecule has 0 saturated heterocycles. The van der Waals surface area contributed by atoms with E-state index in [0.717, 1.165) is 68.7 Å². The standard InChI is InChI=1S/C27H22FN7/c1-2-29-10-16-7-17(12-30-11-16)23-9-20-26(15-32-23)34-35-27(20)24-8-19-21(13-31-14-25(19)33-24)18-5-3-4-6-22(18)28/h3-9,11-15,29,33H,2,10H2,1H3,(H,34,35). The van der Waals surface area contributed by atoms with Crippen molar-refractivity contribution < 1.29 is 4.39 Å². The highest BCUT2D eigenvalue weighted by atomic mass is 19.1. The molecule has 6 rings (SSSR count). The van der Waals surface area contributed by atoms with Gasteiger partial charge in [0.05, 0.1) is 34.8 Å². The molecule has 0 saturated carbocycles. The summed E-state index contributed by atoms with van der Waals surface area (Å²) < 4.78 is 14.5. The van der Waals surface area contributed by atoms with Gasteiger partial charge in [-0.1, -0.05) is 25.1 Å². The summed E-state index contributed by atoms with van der Waals surface area (Å²) in [6, 6.07) is 12.8. The molecule has 6 aromatic rings. The molecule has 5 aromatic heterocycles. The smallest absolute Gasteiger partial charge is 0.131 e. The summed E-state index contributed by atoms with van der Waals surface area (Å²) in [5.74, 6) is -0.282. The van der Waals surface area contributed by atoms with Crippen LogP contribution in [0.2, 0.25) is 0 Å². The average Bonchev–Trinajstić information content (AvgIpc) is 3.51. The van der Waals surface area contributed by atoms with Gasteiger partial charge in [-0.15, -0.1) is 0 Å². The fourth-order valence-corrected chi connectivity index (χ4v) is 4.35. The Morgan fingerprint density at radius 1 is 0.886 bits per heavy atom. The lowest BCUT2D eigenvalue weighted by Crippen LogP contribution is -2.11. The van der Waals surface area contributed by atoms with Crippen LogP contribution in [0.1, 0.15) is 12.5 Å². The van der Waals surface area contributed by atoms with Crippen LogP contribution in [0.25, 0.3) is 55.6 Å². The van der Waals surface area contributed by atoms with E-state index in [1.807, 2.05) is 30.6 Å². The SMILES string of the molecule is CCNCc1cncc(-c2cc3c(-c4cc5c(-c6ccccc6F)cncc5[nH]4)n[nH]c3cn2)c1. The van der Waals surface area contributed by atoms with Gasteiger partial charge in [0.1, 0.15) is 11.5 Å². The Labute approximate surface area is 200 Å². The lowest BCUT2D eigenvalue weighted by atomic mass is 10.0. The minimum Gasteiger partial charge on any atom is -0.352 e. The fraction of sp³-hybridized carbons (Fsp3) is 0.111. The molecule has 0 aliphatic heterocycles. The Balaban J connectivity index is 1.45. The molecular weight excluding hydrogens is 441 g/mol. The maximum atomic E-state index is 14.5. The maximum absolute atomic E-state index is 14.5. The first kappa shape index (κ1) is 21.1. The summed E-state index contributed by atoms with van der Waals surface area (Å²) >= 11 is 0. The predicted octanol–water partition coefficient (Wildman–Crippen LogP) is 5.48. The summed E-state index contributed by atoms with van der Waals surface area (Å²) in [4.78, 5) is 16.7. The molecule has 3 N–H and O–H groups in total. The molecule has 172 valence electrons. The minimum atomic E-state index is -0.282. The van der Waals surface area contributed by atoms with Crippen LogP contribution in [0, 0.1) is 5.82 Å². The van der Waals surface area contributed by atoms with Gasteiger partial charge >= 0.3 is 0 Å². The second-order valence-corrected chi connectivity index (χ2v) is 8.36. The number of H-pyrrole nitrogens is 2. The number of halogens is 1. The van der Waals surface area contributed by atoms with Gasteiger partial charge in [0, 0.05) is 52.6 Å². The Morgan fingerprint density at radius 3 is 2.66 bits per heavy atom. The van der Waals surface area contributed by atoms with Crippen LogP contribution in [0.5, 0.6) is 0 Å². The third kappa shape index (κ3) is 3.83. The zero-order chi connectivity index (χ0) is 23.8. The van der Waals surface area contributed by atoms with Crippen molar-refractivity contribution in [3.8, 4) is 33.8 Å². The van der Waals surface area contributed by atoms with Gasteiger partial charge < -0.3 is 10.3 Å². The van der Waals surface area contributed by atoms with Crippen LogP contribution in [-0.2, 0) is 6.54 Å². The van der Waals surface area contributed by atoms with Crippen molar-refractivity contribution >= 4 is 21.8 Å². The number of rotatable bonds is 6. The Kier molecular flexibility index (Phi) is 5.27. The maximum Gasteiger partial charge on any atom is 0.131 e. The first-order chi connectivity index (χ1) is 17.2. The van der Waals surface area contributed by atoms with Gasteiger partial charge in [0.25, 0.3) is 0 Å². The third-order valence-electron chi connectivity index (χ3n) is 6.08. The van der Waals surface area contributed by atoms with E-state index in [0.29, 0.717) is 5.56 Å². The van der Waals surface area contributed by atoms with Crippen LogP contribution >= 0.6 is 0 Å². The Bertz CT molecular complexity index is 1670. The Hall–Kier alpha value is -4.43. The number of aromatic nitrogens is 6. The van der Waals surface area contributed by atoms with Crippen molar-refractivity contribution in [1.29, 1.82) is 0 Å². The molecule has 0 spiro atoms. The number of hydrogen-bond acceptors (Lipinski definition) is 5. The van der Waals surface area contributed by atoms with Crippen molar-refractivity contribution in [2.24, 2.45) is 0 Å². The van der Waals surface area contributed by atoms with E-state index in [1.54, 1.807) is 30.7 Å². The van der Waals surface area contributed by atoms with Crippen molar-refractivity contribution in [2.45, 2.75) is 13.5 Å². The largest absolute Gasteiger partial charge is 0.352 e. The van der Waals surface area contributed by atoms with E-state index in [2.05, 4.69) is 48.4 Å². The lowest BCUT2D eigenvalue weighted by molar-refractivity contribution is 0.631. The zero-order valence-electron chi connectivity index (χ0n) is 19.0. The molecular formula is C27H22FN7. The number of hydrogen-bond donors (Lipinski definition) is 3. The molecule has 0 unspecified atom stereocenters. The minimum absolute atomic E-state index is 0.282. The molecule has 8 heteroatoms. The molecule has 0 fully saturated rings. The number of nitrogens with zero attached hydrogens (tertiary/aromatic N) is 4. The van der Waals surface area contributed by atoms with Gasteiger partial charge in [-0.05, 0) is 36.4 Å². The van der Waals surface area contributed by atoms with Gasteiger partial charge in [-0.3, -0.25) is 20.1 Å². The molecule has 35 heavy (non-hydrogen) atoms. The van der Waals surface area contributed by atoms with Crippen molar-refractivity contribution in [1.82, 2.24) is 35.5 Å². The molecule has 0 aliphatic rings. The molecule has 5 heterocycles. The van der Waals surface area contributed by atoms with Crippen molar-refractivity contribution in [3.63, 3.8) is 0 Å². The second kappa shape index (κ2) is 8.73. The highest BCUT2D eigenvalue weighted by Gasteiger charge is 2.16. The molecule has 0 amide bonds. The molecule has 0 radical (unpaired) electrons. The van der Waals surface area contributed by atoms with Crippen LogP contribution in [0.15, 0.2) is 73.4 Å². The van der Waals surface area contributed by atoms with Crippen LogP contribution in [0.3, 0.4) is 0 Å². The molecule has 0 bridgehead atoms. The quantitative estimate of drug-likeness (QED) is 0.304. The number of benzene rings is 1. The normalized spacial score (nSPS) is 11.5. The van der Waals surface area contributed by atoms with Crippen molar-refractivity contribution in [2.75, 3.05) is 6.54 Å². The number of nitrogens with one attached hydrogen (secondary N) is 3. The zero-order valence-corrected chi connectivity index (χ0v) is 19.0. The van der Waals surface area contributed by atoms with Crippen LogP contribution < -0.4 is 5.32 Å². The molecule has 0 aliphatic carbocycles. The molecule has 7 nitrogen and oxygen atoms in total. The highest BCUT2D eigenvalue weighted by molar-refractivity contribution is 6.01. The van der Waals surface area contributed by atoms with Gasteiger partial charge in [-0.2, -0.15) is 5.10 Å². The Morgan fingerprint density at radius 2 is 1.77 bits per heavy atom. The number of aromatic amines is 2. The summed E-state index contributed by atoms with van der Waals surface area (Å²) in [5, 5.41) is 12.8. The van der Waals surface area contributed by atoms with Gasteiger partial charge in [0.15, 0.2) is 0 Å². The monoisotopic (exact) mass is 463 g/mol. The van der Waals surface area contributed by atoms with E-state index in [4.69, 9.17) is 0 Å². The summed E-state index contributed by atoms with van der Waals surface area (Å²) in [7, 11) is 0. The summed E-state index contributed by atoms with van der Waals surface area (Å²) in [6.07, 6.45) is 8.90.